The standard InChI is InChI=1S/C13H10BrFN4/c1-7-10(4-9(15)5-11(7)16)13-17-12-3-2-8(14)6-19(12)18-13/h2-6H,16H2,1H3. The van der Waals surface area contributed by atoms with Crippen molar-refractivity contribution in [1.82, 2.24) is 14.6 Å². The fourth-order valence-electron chi connectivity index (χ4n) is 1.90. The van der Waals surface area contributed by atoms with E-state index in [9.17, 15) is 4.39 Å². The van der Waals surface area contributed by atoms with Gasteiger partial charge in [-0.2, -0.15) is 0 Å². The van der Waals surface area contributed by atoms with E-state index in [0.717, 1.165) is 10.0 Å². The van der Waals surface area contributed by atoms with Crippen molar-refractivity contribution in [1.29, 1.82) is 0 Å². The van der Waals surface area contributed by atoms with Crippen LogP contribution in [0.3, 0.4) is 0 Å². The van der Waals surface area contributed by atoms with E-state index in [1.165, 1.54) is 12.1 Å². The maximum atomic E-state index is 13.5. The van der Waals surface area contributed by atoms with Crippen molar-refractivity contribution in [3.05, 3.63) is 46.3 Å². The van der Waals surface area contributed by atoms with Crippen LogP contribution in [0, 0.1) is 12.7 Å². The summed E-state index contributed by atoms with van der Waals surface area (Å²) in [6.45, 7) is 1.83. The molecule has 0 aliphatic rings. The quantitative estimate of drug-likeness (QED) is 0.700. The predicted octanol–water partition coefficient (Wildman–Crippen LogP) is 3.19. The molecule has 1 aromatic carbocycles. The third kappa shape index (κ3) is 2.08. The minimum Gasteiger partial charge on any atom is -0.398 e. The Morgan fingerprint density at radius 2 is 2.11 bits per heavy atom. The first kappa shape index (κ1) is 12.1. The van der Waals surface area contributed by atoms with Crippen LogP contribution in [-0.4, -0.2) is 14.6 Å². The molecular formula is C13H10BrFN4. The highest BCUT2D eigenvalue weighted by Crippen LogP contribution is 2.26. The molecule has 0 unspecified atom stereocenters. The molecule has 0 radical (unpaired) electrons. The molecule has 0 aliphatic carbocycles. The monoisotopic (exact) mass is 320 g/mol. The number of fused-ring (bicyclic) bond motifs is 1. The van der Waals surface area contributed by atoms with Crippen molar-refractivity contribution in [2.45, 2.75) is 6.92 Å². The zero-order chi connectivity index (χ0) is 13.6. The van der Waals surface area contributed by atoms with E-state index >= 15 is 0 Å². The molecule has 0 atom stereocenters. The molecule has 6 heteroatoms. The molecule has 0 saturated carbocycles. The van der Waals surface area contributed by atoms with Gasteiger partial charge in [-0.25, -0.2) is 13.9 Å². The van der Waals surface area contributed by atoms with Crippen molar-refractivity contribution >= 4 is 27.3 Å². The van der Waals surface area contributed by atoms with Gasteiger partial charge in [0.25, 0.3) is 0 Å². The highest BCUT2D eigenvalue weighted by molar-refractivity contribution is 9.10. The number of hydrogen-bond acceptors (Lipinski definition) is 3. The van der Waals surface area contributed by atoms with Gasteiger partial charge < -0.3 is 5.73 Å². The first-order chi connectivity index (χ1) is 9.04. The van der Waals surface area contributed by atoms with Crippen LogP contribution in [0.15, 0.2) is 34.9 Å². The van der Waals surface area contributed by atoms with Crippen LogP contribution in [0.1, 0.15) is 5.56 Å². The van der Waals surface area contributed by atoms with E-state index in [2.05, 4.69) is 26.0 Å². The summed E-state index contributed by atoms with van der Waals surface area (Å²) in [5.74, 6) is 0.0694. The third-order valence-electron chi connectivity index (χ3n) is 2.95. The first-order valence-electron chi connectivity index (χ1n) is 5.62. The lowest BCUT2D eigenvalue weighted by atomic mass is 10.1. The molecule has 0 bridgehead atoms. The Labute approximate surface area is 117 Å². The van der Waals surface area contributed by atoms with Gasteiger partial charge in [-0.05, 0) is 52.7 Å². The second-order valence-corrected chi connectivity index (χ2v) is 5.17. The van der Waals surface area contributed by atoms with E-state index in [1.807, 2.05) is 19.1 Å². The molecule has 19 heavy (non-hydrogen) atoms. The lowest BCUT2D eigenvalue weighted by Crippen LogP contribution is -1.95. The molecule has 3 rings (SSSR count). The largest absolute Gasteiger partial charge is 0.398 e. The zero-order valence-corrected chi connectivity index (χ0v) is 11.6. The van der Waals surface area contributed by atoms with Gasteiger partial charge in [0.05, 0.1) is 0 Å². The second kappa shape index (κ2) is 4.31. The van der Waals surface area contributed by atoms with Crippen LogP contribution in [-0.2, 0) is 0 Å². The maximum Gasteiger partial charge on any atom is 0.182 e. The molecule has 2 aromatic heterocycles. The van der Waals surface area contributed by atoms with Gasteiger partial charge >= 0.3 is 0 Å². The van der Waals surface area contributed by atoms with Crippen LogP contribution >= 0.6 is 15.9 Å². The topological polar surface area (TPSA) is 56.2 Å². The number of nitrogens with two attached hydrogens (primary N) is 1. The van der Waals surface area contributed by atoms with Crippen LogP contribution in [0.25, 0.3) is 17.0 Å². The Hall–Kier alpha value is -1.95. The molecule has 0 fully saturated rings. The van der Waals surface area contributed by atoms with E-state index in [1.54, 1.807) is 10.7 Å². The second-order valence-electron chi connectivity index (χ2n) is 4.25. The van der Waals surface area contributed by atoms with Crippen LogP contribution in [0.5, 0.6) is 0 Å². The van der Waals surface area contributed by atoms with Crippen molar-refractivity contribution in [3.8, 4) is 11.4 Å². The molecule has 3 aromatic rings. The minimum absolute atomic E-state index is 0.391. The van der Waals surface area contributed by atoms with E-state index in [-0.39, 0.29) is 0 Å². The number of nitrogens with zero attached hydrogens (tertiary/aromatic N) is 3. The molecule has 4 nitrogen and oxygen atoms in total. The molecule has 2 heterocycles. The molecular weight excluding hydrogens is 311 g/mol. The molecule has 0 amide bonds. The molecule has 0 saturated heterocycles. The summed E-state index contributed by atoms with van der Waals surface area (Å²) in [5, 5.41) is 4.34. The van der Waals surface area contributed by atoms with E-state index < -0.39 is 5.82 Å². The average molecular weight is 321 g/mol. The summed E-state index contributed by atoms with van der Waals surface area (Å²) in [6.07, 6.45) is 1.80. The normalized spacial score (nSPS) is 11.1. The Morgan fingerprint density at radius 3 is 2.89 bits per heavy atom. The van der Waals surface area contributed by atoms with Gasteiger partial charge in [-0.3, -0.25) is 0 Å². The molecule has 2 N–H and O–H groups in total. The third-order valence-corrected chi connectivity index (χ3v) is 3.42. The number of anilines is 1. The fraction of sp³-hybridized carbons (Fsp3) is 0.0769. The highest BCUT2D eigenvalue weighted by Gasteiger charge is 2.12. The Kier molecular flexibility index (Phi) is 2.74. The fourth-order valence-corrected chi connectivity index (χ4v) is 2.23. The minimum atomic E-state index is -0.391. The summed E-state index contributed by atoms with van der Waals surface area (Å²) in [5.41, 5.74) is 8.24. The maximum absolute atomic E-state index is 13.5. The smallest absolute Gasteiger partial charge is 0.182 e. The van der Waals surface area contributed by atoms with Gasteiger partial charge in [-0.1, -0.05) is 0 Å². The first-order valence-corrected chi connectivity index (χ1v) is 6.42. The van der Waals surface area contributed by atoms with Crippen LogP contribution < -0.4 is 5.73 Å². The number of halogens is 2. The lowest BCUT2D eigenvalue weighted by Gasteiger charge is -2.05. The van der Waals surface area contributed by atoms with Gasteiger partial charge in [0, 0.05) is 21.9 Å². The Morgan fingerprint density at radius 1 is 1.32 bits per heavy atom. The molecule has 0 aliphatic heterocycles. The van der Waals surface area contributed by atoms with Gasteiger partial charge in [0.15, 0.2) is 11.5 Å². The summed E-state index contributed by atoms with van der Waals surface area (Å²) in [4.78, 5) is 4.38. The van der Waals surface area contributed by atoms with Crippen molar-refractivity contribution in [2.75, 3.05) is 5.73 Å². The number of benzene rings is 1. The summed E-state index contributed by atoms with van der Waals surface area (Å²) < 4.78 is 16.0. The number of aromatic nitrogens is 3. The summed E-state index contributed by atoms with van der Waals surface area (Å²) in [6, 6.07) is 6.40. The van der Waals surface area contributed by atoms with Crippen molar-refractivity contribution in [3.63, 3.8) is 0 Å². The molecule has 0 spiro atoms. The van der Waals surface area contributed by atoms with Crippen molar-refractivity contribution < 1.29 is 4.39 Å². The number of rotatable bonds is 1. The lowest BCUT2D eigenvalue weighted by molar-refractivity contribution is 0.628. The van der Waals surface area contributed by atoms with Crippen LogP contribution in [0.2, 0.25) is 0 Å². The van der Waals surface area contributed by atoms with Gasteiger partial charge in [-0.15, -0.1) is 5.10 Å². The van der Waals surface area contributed by atoms with E-state index in [0.29, 0.717) is 22.7 Å². The number of hydrogen-bond donors (Lipinski definition) is 1. The predicted molar refractivity (Wildman–Crippen MR) is 75.2 cm³/mol. The SMILES string of the molecule is Cc1c(N)cc(F)cc1-c1nc2ccc(Br)cn2n1. The molecule has 96 valence electrons. The number of pyridine rings is 1. The summed E-state index contributed by atoms with van der Waals surface area (Å²) in [7, 11) is 0. The average Bonchev–Trinajstić information content (AvgIpc) is 2.76. The van der Waals surface area contributed by atoms with Gasteiger partial charge in [0.2, 0.25) is 0 Å². The summed E-state index contributed by atoms with van der Waals surface area (Å²) >= 11 is 3.37. The van der Waals surface area contributed by atoms with Crippen LogP contribution in [0.4, 0.5) is 10.1 Å². The number of nitrogen functional groups attached to an aromatic ring is 1. The Balaban J connectivity index is 2.24. The zero-order valence-electron chi connectivity index (χ0n) is 10.1. The van der Waals surface area contributed by atoms with E-state index in [4.69, 9.17) is 5.73 Å². The Bertz CT molecular complexity index is 782. The highest BCUT2D eigenvalue weighted by atomic mass is 79.9. The van der Waals surface area contributed by atoms with Gasteiger partial charge in [0.1, 0.15) is 5.82 Å². The van der Waals surface area contributed by atoms with Crippen molar-refractivity contribution in [2.24, 2.45) is 0 Å².